The van der Waals surface area contributed by atoms with Gasteiger partial charge in [-0.05, 0) is 26.7 Å². The molecule has 0 unspecified atom stereocenters. The number of carboxylic acid groups (broad SMARTS) is 1. The summed E-state index contributed by atoms with van der Waals surface area (Å²) in [7, 11) is 3.27. The van der Waals surface area contributed by atoms with Crippen LogP contribution in [0.4, 0.5) is 0 Å². The summed E-state index contributed by atoms with van der Waals surface area (Å²) in [5.41, 5.74) is -1.54. The molecule has 0 aliphatic rings. The van der Waals surface area contributed by atoms with Crippen LogP contribution in [0, 0.1) is 10.8 Å². The lowest BCUT2D eigenvalue weighted by Gasteiger charge is -2.30. The Morgan fingerprint density at radius 3 is 1.58 bits per heavy atom. The Morgan fingerprint density at radius 1 is 0.958 bits per heavy atom. The molecule has 0 saturated heterocycles. The lowest BCUT2D eigenvalue weighted by molar-refractivity contribution is -0.149. The summed E-state index contributed by atoms with van der Waals surface area (Å²) in [5, 5.41) is 11.5. The van der Waals surface area contributed by atoms with Gasteiger partial charge in [0.15, 0.2) is 0 Å². The maximum absolute atomic E-state index is 11.4. The number of unbranched alkanes of at least 4 members (excludes halogenated alkanes) is 2. The van der Waals surface area contributed by atoms with Crippen LogP contribution in [0.1, 0.15) is 80.6 Å². The van der Waals surface area contributed by atoms with Gasteiger partial charge in [0.05, 0.1) is 5.41 Å². The fourth-order valence-electron chi connectivity index (χ4n) is 2.16. The average molecular weight is 348 g/mol. The van der Waals surface area contributed by atoms with Crippen molar-refractivity contribution in [3.63, 3.8) is 0 Å². The van der Waals surface area contributed by atoms with E-state index in [1.54, 1.807) is 41.9 Å². The summed E-state index contributed by atoms with van der Waals surface area (Å²) in [6.07, 6.45) is 5.51. The number of carboxylic acids is 1. The van der Waals surface area contributed by atoms with Crippen molar-refractivity contribution in [3.05, 3.63) is 0 Å². The van der Waals surface area contributed by atoms with Gasteiger partial charge in [-0.2, -0.15) is 0 Å². The molecule has 146 valence electrons. The smallest absolute Gasteiger partial charge is 0.309 e. The largest absolute Gasteiger partial charge is 0.481 e. The van der Waals surface area contributed by atoms with Gasteiger partial charge in [0.1, 0.15) is 0 Å². The van der Waals surface area contributed by atoms with E-state index < -0.39 is 16.8 Å². The highest BCUT2D eigenvalue weighted by molar-refractivity contribution is 5.83. The summed E-state index contributed by atoms with van der Waals surface area (Å²) in [4.78, 5) is 22.3. The van der Waals surface area contributed by atoms with E-state index >= 15 is 0 Å². The fraction of sp³-hybridized carbons (Fsp3) is 0.895. The molecule has 0 aromatic heterocycles. The maximum atomic E-state index is 11.4. The average Bonchev–Trinajstić information content (AvgIpc) is 2.48. The lowest BCUT2D eigenvalue weighted by Crippen LogP contribution is -2.40. The minimum absolute atomic E-state index is 0.133. The zero-order chi connectivity index (χ0) is 19.8. The molecule has 2 N–H and O–H groups in total. The molecule has 0 radical (unpaired) electrons. The molecule has 0 spiro atoms. The first-order chi connectivity index (χ1) is 11.0. The van der Waals surface area contributed by atoms with Crippen LogP contribution in [-0.2, 0) is 14.3 Å². The van der Waals surface area contributed by atoms with E-state index in [2.05, 4.69) is 26.1 Å². The summed E-state index contributed by atoms with van der Waals surface area (Å²) >= 11 is 0. The number of carbonyl (C=O) groups excluding carboxylic acids is 1. The van der Waals surface area contributed by atoms with Gasteiger partial charge in [-0.3, -0.25) is 9.59 Å². The van der Waals surface area contributed by atoms with E-state index in [4.69, 9.17) is 9.84 Å². The van der Waals surface area contributed by atoms with Gasteiger partial charge in [0, 0.05) is 26.2 Å². The van der Waals surface area contributed by atoms with Crippen molar-refractivity contribution in [2.45, 2.75) is 80.6 Å². The Labute approximate surface area is 149 Å². The Bertz CT molecular complexity index is 315. The van der Waals surface area contributed by atoms with Crippen LogP contribution in [-0.4, -0.2) is 37.7 Å². The Kier molecular flexibility index (Phi) is 17.8. The van der Waals surface area contributed by atoms with Crippen molar-refractivity contribution in [3.8, 4) is 0 Å². The second kappa shape index (κ2) is 15.4. The summed E-state index contributed by atoms with van der Waals surface area (Å²) in [6, 6.07) is 0. The van der Waals surface area contributed by atoms with E-state index in [-0.39, 0.29) is 5.91 Å². The van der Waals surface area contributed by atoms with E-state index in [0.29, 0.717) is 6.42 Å². The Hall–Kier alpha value is -1.10. The highest BCUT2D eigenvalue weighted by Crippen LogP contribution is 2.33. The number of hydrogen-bond acceptors (Lipinski definition) is 3. The monoisotopic (exact) mass is 347 g/mol. The van der Waals surface area contributed by atoms with E-state index in [1.807, 2.05) is 0 Å². The molecule has 0 bridgehead atoms. The van der Waals surface area contributed by atoms with Crippen molar-refractivity contribution in [1.29, 1.82) is 0 Å². The number of rotatable bonds is 8. The topological polar surface area (TPSA) is 75.6 Å². The number of aliphatic carboxylic acids is 1. The van der Waals surface area contributed by atoms with Crippen LogP contribution in [0.25, 0.3) is 0 Å². The molecule has 0 saturated carbocycles. The van der Waals surface area contributed by atoms with Crippen molar-refractivity contribution in [1.82, 2.24) is 5.32 Å². The second-order valence-electron chi connectivity index (χ2n) is 7.18. The Balaban J connectivity index is -0.000000361. The molecule has 0 atom stereocenters. The van der Waals surface area contributed by atoms with Crippen LogP contribution < -0.4 is 5.32 Å². The molecule has 0 aromatic rings. The number of hydrogen-bond donors (Lipinski definition) is 2. The molecule has 0 aliphatic carbocycles. The molecule has 1 amide bonds. The molecule has 0 heterocycles. The molecule has 5 nitrogen and oxygen atoms in total. The van der Waals surface area contributed by atoms with Crippen LogP contribution in [0.3, 0.4) is 0 Å². The third-order valence-electron chi connectivity index (χ3n) is 3.42. The number of methoxy groups -OCH3 is 1. The predicted molar refractivity (Wildman–Crippen MR) is 101 cm³/mol. The van der Waals surface area contributed by atoms with Crippen molar-refractivity contribution in [2.75, 3.05) is 20.8 Å². The van der Waals surface area contributed by atoms with Crippen LogP contribution in [0.5, 0.6) is 0 Å². The maximum Gasteiger partial charge on any atom is 0.309 e. The molecule has 0 aliphatic heterocycles. The minimum atomic E-state index is -0.880. The molecule has 0 rings (SSSR count). The van der Waals surface area contributed by atoms with Crippen molar-refractivity contribution in [2.24, 2.45) is 10.8 Å². The van der Waals surface area contributed by atoms with Gasteiger partial charge in [-0.1, -0.05) is 53.9 Å². The van der Waals surface area contributed by atoms with Crippen molar-refractivity contribution >= 4 is 11.9 Å². The van der Waals surface area contributed by atoms with Gasteiger partial charge in [0.2, 0.25) is 5.91 Å². The first-order valence-corrected chi connectivity index (χ1v) is 8.91. The standard InChI is InChI=1S/C10H19NO3.C5H12.C4H10O/c1-9(2,7(12)11-5)6-10(3,4)8(13)14;1-3-5-4-2;1-3-4-5-2/h6H2,1-5H3,(H,11,12)(H,13,14);3-5H2,1-2H3;3-4H2,1-2H3. The number of amides is 1. The first kappa shape index (κ1) is 27.7. The zero-order valence-electron chi connectivity index (χ0n) is 17.4. The quantitative estimate of drug-likeness (QED) is 0.678. The van der Waals surface area contributed by atoms with Crippen LogP contribution in [0.2, 0.25) is 0 Å². The van der Waals surface area contributed by atoms with Gasteiger partial charge in [0.25, 0.3) is 0 Å². The SMILES string of the molecule is CCCCC.CCCOC.CNC(=O)C(C)(C)CC(C)(C)C(=O)O. The van der Waals surface area contributed by atoms with Gasteiger partial charge in [-0.25, -0.2) is 0 Å². The highest BCUT2D eigenvalue weighted by atomic mass is 16.5. The zero-order valence-corrected chi connectivity index (χ0v) is 17.4. The van der Waals surface area contributed by atoms with E-state index in [1.165, 1.54) is 19.3 Å². The highest BCUT2D eigenvalue weighted by Gasteiger charge is 2.38. The first-order valence-electron chi connectivity index (χ1n) is 8.91. The third-order valence-corrected chi connectivity index (χ3v) is 3.42. The van der Waals surface area contributed by atoms with Gasteiger partial charge < -0.3 is 15.2 Å². The minimum Gasteiger partial charge on any atom is -0.481 e. The molecular weight excluding hydrogens is 306 g/mol. The predicted octanol–water partition coefficient (Wildman–Crippen LogP) is 4.50. The van der Waals surface area contributed by atoms with E-state index in [9.17, 15) is 9.59 Å². The fourth-order valence-corrected chi connectivity index (χ4v) is 2.16. The molecule has 0 aromatic carbocycles. The third kappa shape index (κ3) is 15.8. The van der Waals surface area contributed by atoms with Gasteiger partial charge >= 0.3 is 5.97 Å². The lowest BCUT2D eigenvalue weighted by atomic mass is 9.74. The summed E-state index contributed by atoms with van der Waals surface area (Å²) in [6.45, 7) is 14.1. The van der Waals surface area contributed by atoms with Crippen LogP contribution in [0.15, 0.2) is 0 Å². The van der Waals surface area contributed by atoms with Crippen molar-refractivity contribution < 1.29 is 19.4 Å². The van der Waals surface area contributed by atoms with E-state index in [0.717, 1.165) is 13.0 Å². The normalized spacial score (nSPS) is 10.7. The number of nitrogens with one attached hydrogen (secondary N) is 1. The molecule has 0 fully saturated rings. The van der Waals surface area contributed by atoms with Gasteiger partial charge in [-0.15, -0.1) is 0 Å². The molecular formula is C19H41NO4. The molecule has 5 heteroatoms. The van der Waals surface area contributed by atoms with Crippen LogP contribution >= 0.6 is 0 Å². The summed E-state index contributed by atoms with van der Waals surface area (Å²) < 4.78 is 4.69. The molecule has 24 heavy (non-hydrogen) atoms. The number of ether oxygens (including phenoxy) is 1. The Morgan fingerprint density at radius 2 is 1.42 bits per heavy atom. The summed E-state index contributed by atoms with van der Waals surface area (Å²) in [5.74, 6) is -1.01. The number of carbonyl (C=O) groups is 2. The second-order valence-corrected chi connectivity index (χ2v) is 7.18.